The largest absolute Gasteiger partial charge is 0.376 e. The molecule has 15 heavy (non-hydrogen) atoms. The van der Waals surface area contributed by atoms with Gasteiger partial charge in [0.15, 0.2) is 0 Å². The predicted octanol–water partition coefficient (Wildman–Crippen LogP) is 0.916. The summed E-state index contributed by atoms with van der Waals surface area (Å²) in [4.78, 5) is 10.1. The van der Waals surface area contributed by atoms with E-state index in [1.54, 1.807) is 0 Å². The summed E-state index contributed by atoms with van der Waals surface area (Å²) in [6.45, 7) is 7.61. The molecule has 0 aromatic rings. The molecule has 0 heterocycles. The maximum absolute atomic E-state index is 10.1. The average molecular weight is 216 g/mol. The van der Waals surface area contributed by atoms with E-state index in [-0.39, 0.29) is 5.60 Å². The monoisotopic (exact) mass is 216 g/mol. The number of rotatable bonds is 8. The highest BCUT2D eigenvalue weighted by molar-refractivity contribution is 5.45. The SMILES string of the molecule is CNC(CCNC=O)CCOC(C)(C)C. The van der Waals surface area contributed by atoms with Gasteiger partial charge in [-0.15, -0.1) is 0 Å². The Kier molecular flexibility index (Phi) is 7.34. The van der Waals surface area contributed by atoms with E-state index < -0.39 is 0 Å². The summed E-state index contributed by atoms with van der Waals surface area (Å²) in [5.74, 6) is 0. The summed E-state index contributed by atoms with van der Waals surface area (Å²) in [5, 5.41) is 5.87. The van der Waals surface area contributed by atoms with Crippen LogP contribution in [0.5, 0.6) is 0 Å². The van der Waals surface area contributed by atoms with E-state index in [0.29, 0.717) is 12.6 Å². The van der Waals surface area contributed by atoms with Crippen LogP contribution in [0.1, 0.15) is 33.6 Å². The van der Waals surface area contributed by atoms with Crippen LogP contribution in [0.15, 0.2) is 0 Å². The van der Waals surface area contributed by atoms with Crippen molar-refractivity contribution >= 4 is 6.41 Å². The molecule has 0 rings (SSSR count). The van der Waals surface area contributed by atoms with Crippen molar-refractivity contribution in [1.82, 2.24) is 10.6 Å². The van der Waals surface area contributed by atoms with E-state index in [0.717, 1.165) is 25.9 Å². The Hall–Kier alpha value is -0.610. The van der Waals surface area contributed by atoms with Crippen LogP contribution in [0.2, 0.25) is 0 Å². The first-order valence-corrected chi connectivity index (χ1v) is 5.48. The fourth-order valence-electron chi connectivity index (χ4n) is 1.26. The lowest BCUT2D eigenvalue weighted by Gasteiger charge is -2.22. The summed E-state index contributed by atoms with van der Waals surface area (Å²) in [6.07, 6.45) is 2.63. The van der Waals surface area contributed by atoms with Crippen LogP contribution in [0.4, 0.5) is 0 Å². The third kappa shape index (κ3) is 9.69. The first-order valence-electron chi connectivity index (χ1n) is 5.48. The summed E-state index contributed by atoms with van der Waals surface area (Å²) in [7, 11) is 1.93. The quantitative estimate of drug-likeness (QED) is 0.468. The second-order valence-electron chi connectivity index (χ2n) is 4.60. The van der Waals surface area contributed by atoms with Crippen LogP contribution in [-0.4, -0.2) is 38.3 Å². The predicted molar refractivity (Wildman–Crippen MR) is 61.9 cm³/mol. The van der Waals surface area contributed by atoms with Crippen molar-refractivity contribution in [2.75, 3.05) is 20.2 Å². The zero-order valence-electron chi connectivity index (χ0n) is 10.3. The number of amides is 1. The van der Waals surface area contributed by atoms with Gasteiger partial charge in [0.05, 0.1) is 5.60 Å². The lowest BCUT2D eigenvalue weighted by atomic mass is 10.1. The number of carbonyl (C=O) groups is 1. The van der Waals surface area contributed by atoms with Gasteiger partial charge in [-0.1, -0.05) is 0 Å². The molecule has 4 heteroatoms. The summed E-state index contributed by atoms with van der Waals surface area (Å²) < 4.78 is 5.64. The zero-order chi connectivity index (χ0) is 11.7. The Morgan fingerprint density at radius 1 is 1.33 bits per heavy atom. The van der Waals surface area contributed by atoms with Gasteiger partial charge in [-0.2, -0.15) is 0 Å². The smallest absolute Gasteiger partial charge is 0.207 e. The molecule has 2 N–H and O–H groups in total. The van der Waals surface area contributed by atoms with E-state index >= 15 is 0 Å². The van der Waals surface area contributed by atoms with Gasteiger partial charge in [0, 0.05) is 19.2 Å². The molecule has 0 aliphatic carbocycles. The van der Waals surface area contributed by atoms with E-state index in [1.165, 1.54) is 0 Å². The first kappa shape index (κ1) is 14.4. The summed E-state index contributed by atoms with van der Waals surface area (Å²) in [5.41, 5.74) is -0.0701. The lowest BCUT2D eigenvalue weighted by Crippen LogP contribution is -2.32. The molecule has 0 aromatic carbocycles. The second kappa shape index (κ2) is 7.65. The number of ether oxygens (including phenoxy) is 1. The molecule has 90 valence electrons. The van der Waals surface area contributed by atoms with Gasteiger partial charge in [-0.25, -0.2) is 0 Å². The van der Waals surface area contributed by atoms with Crippen LogP contribution >= 0.6 is 0 Å². The molecular weight excluding hydrogens is 192 g/mol. The van der Waals surface area contributed by atoms with Crippen molar-refractivity contribution in [3.8, 4) is 0 Å². The third-order valence-electron chi connectivity index (χ3n) is 2.13. The van der Waals surface area contributed by atoms with E-state index in [2.05, 4.69) is 31.4 Å². The first-order chi connectivity index (χ1) is 6.99. The molecule has 1 amide bonds. The van der Waals surface area contributed by atoms with Gasteiger partial charge >= 0.3 is 0 Å². The molecule has 0 saturated carbocycles. The van der Waals surface area contributed by atoms with Crippen LogP contribution in [0, 0.1) is 0 Å². The number of carbonyl (C=O) groups excluding carboxylic acids is 1. The van der Waals surface area contributed by atoms with Crippen molar-refractivity contribution in [1.29, 1.82) is 0 Å². The van der Waals surface area contributed by atoms with Crippen molar-refractivity contribution in [3.63, 3.8) is 0 Å². The molecule has 0 spiro atoms. The Balaban J connectivity index is 3.56. The van der Waals surface area contributed by atoms with Crippen molar-refractivity contribution < 1.29 is 9.53 Å². The molecule has 0 fully saturated rings. The molecule has 0 radical (unpaired) electrons. The van der Waals surface area contributed by atoms with Gasteiger partial charge in [0.2, 0.25) is 6.41 Å². The molecule has 0 saturated heterocycles. The van der Waals surface area contributed by atoms with Gasteiger partial charge in [0.1, 0.15) is 0 Å². The molecule has 0 aliphatic heterocycles. The van der Waals surface area contributed by atoms with Crippen LogP contribution in [0.25, 0.3) is 0 Å². The average Bonchev–Trinajstić information content (AvgIpc) is 2.14. The molecule has 1 unspecified atom stereocenters. The highest BCUT2D eigenvalue weighted by atomic mass is 16.5. The van der Waals surface area contributed by atoms with Gasteiger partial charge < -0.3 is 15.4 Å². The Labute approximate surface area is 92.8 Å². The molecule has 4 nitrogen and oxygen atoms in total. The minimum Gasteiger partial charge on any atom is -0.376 e. The third-order valence-corrected chi connectivity index (χ3v) is 2.13. The fourth-order valence-corrected chi connectivity index (χ4v) is 1.26. The lowest BCUT2D eigenvalue weighted by molar-refractivity contribution is -0.109. The molecular formula is C11H24N2O2. The van der Waals surface area contributed by atoms with Gasteiger partial charge in [0.25, 0.3) is 0 Å². The van der Waals surface area contributed by atoms with E-state index in [1.807, 2.05) is 7.05 Å². The minimum absolute atomic E-state index is 0.0701. The fraction of sp³-hybridized carbons (Fsp3) is 0.909. The highest BCUT2D eigenvalue weighted by Crippen LogP contribution is 2.08. The maximum atomic E-state index is 10.1. The van der Waals surface area contributed by atoms with Crippen LogP contribution in [-0.2, 0) is 9.53 Å². The number of hydrogen-bond donors (Lipinski definition) is 2. The van der Waals surface area contributed by atoms with Crippen molar-refractivity contribution in [2.45, 2.75) is 45.3 Å². The van der Waals surface area contributed by atoms with Crippen molar-refractivity contribution in [2.24, 2.45) is 0 Å². The Morgan fingerprint density at radius 3 is 2.47 bits per heavy atom. The van der Waals surface area contributed by atoms with Gasteiger partial charge in [-0.05, 0) is 40.7 Å². The normalized spacial score (nSPS) is 13.6. The molecule has 0 aromatic heterocycles. The molecule has 0 bridgehead atoms. The van der Waals surface area contributed by atoms with E-state index in [9.17, 15) is 4.79 Å². The Morgan fingerprint density at radius 2 is 2.00 bits per heavy atom. The summed E-state index contributed by atoms with van der Waals surface area (Å²) in [6, 6.07) is 0.403. The number of nitrogens with one attached hydrogen (secondary N) is 2. The number of hydrogen-bond acceptors (Lipinski definition) is 3. The van der Waals surface area contributed by atoms with Crippen molar-refractivity contribution in [3.05, 3.63) is 0 Å². The topological polar surface area (TPSA) is 50.4 Å². The van der Waals surface area contributed by atoms with Gasteiger partial charge in [-0.3, -0.25) is 4.79 Å². The summed E-state index contributed by atoms with van der Waals surface area (Å²) >= 11 is 0. The highest BCUT2D eigenvalue weighted by Gasteiger charge is 2.11. The minimum atomic E-state index is -0.0701. The van der Waals surface area contributed by atoms with Crippen LogP contribution in [0.3, 0.4) is 0 Å². The Bertz CT molecular complexity index is 166. The zero-order valence-corrected chi connectivity index (χ0v) is 10.3. The van der Waals surface area contributed by atoms with E-state index in [4.69, 9.17) is 4.74 Å². The standard InChI is InChI=1S/C11H24N2O2/c1-11(2,3)15-8-6-10(12-4)5-7-13-9-14/h9-10,12H,5-8H2,1-4H3,(H,13,14). The molecule has 1 atom stereocenters. The maximum Gasteiger partial charge on any atom is 0.207 e. The molecule has 0 aliphatic rings. The second-order valence-corrected chi connectivity index (χ2v) is 4.60. The van der Waals surface area contributed by atoms with Crippen LogP contribution < -0.4 is 10.6 Å².